The van der Waals surface area contributed by atoms with Crippen LogP contribution in [-0.4, -0.2) is 35.6 Å². The van der Waals surface area contributed by atoms with Crippen LogP contribution in [-0.2, 0) is 0 Å². The second-order valence-electron chi connectivity index (χ2n) is 5.15. The molecule has 2 saturated carbocycles. The maximum atomic E-state index is 3.75. The van der Waals surface area contributed by atoms with Gasteiger partial charge in [0, 0.05) is 30.7 Å². The molecule has 2 aliphatic carbocycles. The lowest BCUT2D eigenvalue weighted by Crippen LogP contribution is -2.35. The summed E-state index contributed by atoms with van der Waals surface area (Å²) < 4.78 is 0. The van der Waals surface area contributed by atoms with Crippen molar-refractivity contribution in [3.63, 3.8) is 0 Å². The Balaban J connectivity index is 1.54. The number of likely N-dealkylation sites (tertiary alicyclic amines) is 1. The van der Waals surface area contributed by atoms with E-state index < -0.39 is 0 Å². The Labute approximate surface area is 80.7 Å². The molecule has 0 radical (unpaired) electrons. The van der Waals surface area contributed by atoms with Crippen molar-refractivity contribution in [2.24, 2.45) is 0 Å². The van der Waals surface area contributed by atoms with Gasteiger partial charge >= 0.3 is 0 Å². The molecule has 3 fully saturated rings. The minimum Gasteiger partial charge on any atom is -0.310 e. The highest BCUT2D eigenvalue weighted by Gasteiger charge is 2.39. The highest BCUT2D eigenvalue weighted by atomic mass is 15.3. The van der Waals surface area contributed by atoms with Crippen molar-refractivity contribution in [1.29, 1.82) is 0 Å². The monoisotopic (exact) mass is 180 g/mol. The highest BCUT2D eigenvalue weighted by molar-refractivity contribution is 4.98. The summed E-state index contributed by atoms with van der Waals surface area (Å²) in [6.07, 6.45) is 7.15. The van der Waals surface area contributed by atoms with Gasteiger partial charge in [-0.3, -0.25) is 4.90 Å². The van der Waals surface area contributed by atoms with Crippen LogP contribution < -0.4 is 5.32 Å². The summed E-state index contributed by atoms with van der Waals surface area (Å²) in [5.74, 6) is 0. The highest BCUT2D eigenvalue weighted by Crippen LogP contribution is 2.34. The smallest absolute Gasteiger partial charge is 0.0212 e. The van der Waals surface area contributed by atoms with Crippen LogP contribution in [0.25, 0.3) is 0 Å². The number of hydrogen-bond acceptors (Lipinski definition) is 2. The molecule has 0 aromatic heterocycles. The first-order valence-electron chi connectivity index (χ1n) is 5.85. The first-order chi connectivity index (χ1) is 6.33. The average molecular weight is 180 g/mol. The second kappa shape index (κ2) is 2.96. The SMILES string of the molecule is CC1CC(NC2CC2)CN1C1CC1. The Bertz CT molecular complexity index is 196. The molecule has 1 heterocycles. The van der Waals surface area contributed by atoms with Gasteiger partial charge in [-0.25, -0.2) is 0 Å². The average Bonchev–Trinajstić information content (AvgIpc) is 2.94. The van der Waals surface area contributed by atoms with Gasteiger partial charge in [0.25, 0.3) is 0 Å². The summed E-state index contributed by atoms with van der Waals surface area (Å²) in [6.45, 7) is 3.72. The van der Waals surface area contributed by atoms with E-state index in [1.165, 1.54) is 38.6 Å². The van der Waals surface area contributed by atoms with Crippen LogP contribution in [0.15, 0.2) is 0 Å². The minimum atomic E-state index is 0.808. The molecule has 0 bridgehead atoms. The van der Waals surface area contributed by atoms with E-state index in [9.17, 15) is 0 Å². The lowest BCUT2D eigenvalue weighted by Gasteiger charge is -2.19. The largest absolute Gasteiger partial charge is 0.310 e. The summed E-state index contributed by atoms with van der Waals surface area (Å²) in [5, 5.41) is 3.75. The van der Waals surface area contributed by atoms with Gasteiger partial charge in [-0.15, -0.1) is 0 Å². The van der Waals surface area contributed by atoms with E-state index in [4.69, 9.17) is 0 Å². The van der Waals surface area contributed by atoms with Crippen LogP contribution >= 0.6 is 0 Å². The van der Waals surface area contributed by atoms with Gasteiger partial charge in [0.1, 0.15) is 0 Å². The summed E-state index contributed by atoms with van der Waals surface area (Å²) in [6, 6.07) is 3.49. The normalized spacial score (nSPS) is 41.3. The third-order valence-electron chi connectivity index (χ3n) is 3.69. The predicted molar refractivity (Wildman–Crippen MR) is 53.8 cm³/mol. The fourth-order valence-electron chi connectivity index (χ4n) is 2.68. The van der Waals surface area contributed by atoms with Crippen molar-refractivity contribution in [3.8, 4) is 0 Å². The van der Waals surface area contributed by atoms with Crippen molar-refractivity contribution in [1.82, 2.24) is 10.2 Å². The third kappa shape index (κ3) is 1.75. The maximum Gasteiger partial charge on any atom is 0.0212 e. The Morgan fingerprint density at radius 2 is 1.85 bits per heavy atom. The standard InChI is InChI=1S/C11H20N2/c1-8-6-10(12-9-2-3-9)7-13(8)11-4-5-11/h8-12H,2-7H2,1H3. The summed E-state index contributed by atoms with van der Waals surface area (Å²) in [7, 11) is 0. The van der Waals surface area contributed by atoms with Crippen molar-refractivity contribution < 1.29 is 0 Å². The van der Waals surface area contributed by atoms with Crippen LogP contribution in [0.2, 0.25) is 0 Å². The molecule has 1 saturated heterocycles. The molecule has 3 rings (SSSR count). The Morgan fingerprint density at radius 1 is 1.08 bits per heavy atom. The van der Waals surface area contributed by atoms with Gasteiger partial charge in [-0.05, 0) is 39.0 Å². The molecule has 0 aromatic carbocycles. The second-order valence-corrected chi connectivity index (χ2v) is 5.15. The van der Waals surface area contributed by atoms with Crippen molar-refractivity contribution in [2.75, 3.05) is 6.54 Å². The van der Waals surface area contributed by atoms with E-state index >= 15 is 0 Å². The predicted octanol–water partition coefficient (Wildman–Crippen LogP) is 1.36. The minimum absolute atomic E-state index is 0.808. The van der Waals surface area contributed by atoms with Crippen molar-refractivity contribution in [2.45, 2.75) is 63.2 Å². The van der Waals surface area contributed by atoms with E-state index in [0.29, 0.717) is 0 Å². The van der Waals surface area contributed by atoms with Gasteiger partial charge in [0.05, 0.1) is 0 Å². The molecule has 1 aliphatic heterocycles. The molecule has 13 heavy (non-hydrogen) atoms. The molecule has 0 spiro atoms. The summed E-state index contributed by atoms with van der Waals surface area (Å²) >= 11 is 0. The first-order valence-corrected chi connectivity index (χ1v) is 5.85. The van der Waals surface area contributed by atoms with E-state index in [0.717, 1.165) is 24.2 Å². The molecule has 74 valence electrons. The first kappa shape index (κ1) is 8.25. The number of nitrogens with zero attached hydrogens (tertiary/aromatic N) is 1. The quantitative estimate of drug-likeness (QED) is 0.705. The Hall–Kier alpha value is -0.0800. The van der Waals surface area contributed by atoms with E-state index in [2.05, 4.69) is 17.1 Å². The number of hydrogen-bond donors (Lipinski definition) is 1. The molecule has 0 amide bonds. The van der Waals surface area contributed by atoms with Gasteiger partial charge in [0.2, 0.25) is 0 Å². The topological polar surface area (TPSA) is 15.3 Å². The van der Waals surface area contributed by atoms with E-state index in [1.54, 1.807) is 0 Å². The van der Waals surface area contributed by atoms with Crippen LogP contribution in [0.4, 0.5) is 0 Å². The van der Waals surface area contributed by atoms with Gasteiger partial charge in [-0.1, -0.05) is 0 Å². The number of nitrogens with one attached hydrogen (secondary N) is 1. The molecule has 0 aromatic rings. The molecule has 2 nitrogen and oxygen atoms in total. The van der Waals surface area contributed by atoms with Gasteiger partial charge in [-0.2, -0.15) is 0 Å². The molecular weight excluding hydrogens is 160 g/mol. The molecule has 3 aliphatic rings. The molecule has 2 heteroatoms. The Morgan fingerprint density at radius 3 is 2.46 bits per heavy atom. The van der Waals surface area contributed by atoms with Gasteiger partial charge in [0.15, 0.2) is 0 Å². The molecule has 2 unspecified atom stereocenters. The molecular formula is C11H20N2. The van der Waals surface area contributed by atoms with Crippen LogP contribution in [0.1, 0.15) is 39.0 Å². The zero-order valence-electron chi connectivity index (χ0n) is 8.50. The molecule has 1 N–H and O–H groups in total. The summed E-state index contributed by atoms with van der Waals surface area (Å²) in [4.78, 5) is 2.72. The maximum absolute atomic E-state index is 3.75. The van der Waals surface area contributed by atoms with Crippen LogP contribution in [0.5, 0.6) is 0 Å². The third-order valence-corrected chi connectivity index (χ3v) is 3.69. The van der Waals surface area contributed by atoms with Crippen LogP contribution in [0, 0.1) is 0 Å². The molecule has 2 atom stereocenters. The van der Waals surface area contributed by atoms with Crippen molar-refractivity contribution in [3.05, 3.63) is 0 Å². The zero-order valence-corrected chi connectivity index (χ0v) is 8.50. The number of rotatable bonds is 3. The fourth-order valence-corrected chi connectivity index (χ4v) is 2.68. The lowest BCUT2D eigenvalue weighted by molar-refractivity contribution is 0.255. The van der Waals surface area contributed by atoms with Crippen molar-refractivity contribution >= 4 is 0 Å². The summed E-state index contributed by atoms with van der Waals surface area (Å²) in [5.41, 5.74) is 0. The van der Waals surface area contributed by atoms with E-state index in [-0.39, 0.29) is 0 Å². The van der Waals surface area contributed by atoms with Crippen LogP contribution in [0.3, 0.4) is 0 Å². The lowest BCUT2D eigenvalue weighted by atomic mass is 10.2. The Kier molecular flexibility index (Phi) is 1.88. The van der Waals surface area contributed by atoms with E-state index in [1.807, 2.05) is 0 Å². The van der Waals surface area contributed by atoms with Gasteiger partial charge < -0.3 is 5.32 Å². The fraction of sp³-hybridized carbons (Fsp3) is 1.00. The zero-order chi connectivity index (χ0) is 8.84.